The van der Waals surface area contributed by atoms with E-state index in [1.807, 2.05) is 42.5 Å². The summed E-state index contributed by atoms with van der Waals surface area (Å²) in [5.74, 6) is -0.0173. The van der Waals surface area contributed by atoms with Gasteiger partial charge in [-0.1, -0.05) is 30.3 Å². The molecule has 0 aliphatic carbocycles. The van der Waals surface area contributed by atoms with Crippen LogP contribution in [0.1, 0.15) is 47.2 Å². The fourth-order valence-electron chi connectivity index (χ4n) is 4.84. The average Bonchev–Trinajstić information content (AvgIpc) is 3.16. The van der Waals surface area contributed by atoms with E-state index in [9.17, 15) is 14.4 Å². The first-order valence-corrected chi connectivity index (χ1v) is 11.6. The molecule has 0 bridgehead atoms. The number of rotatable bonds is 6. The Hall–Kier alpha value is -3.39. The monoisotopic (exact) mass is 448 g/mol. The summed E-state index contributed by atoms with van der Waals surface area (Å²) in [6.45, 7) is 2.76. The molecule has 3 N–H and O–H groups in total. The summed E-state index contributed by atoms with van der Waals surface area (Å²) in [6, 6.07) is 13.1. The van der Waals surface area contributed by atoms with Crippen LogP contribution in [-0.2, 0) is 22.7 Å². The molecule has 2 fully saturated rings. The molecule has 3 amide bonds. The number of hydrogen-bond acceptors (Lipinski definition) is 6. The standard InChI is InChI=1S/C25H28N4O4/c30-22-9-8-20(24(31)28-22)29-15-17-5-3-4-16(23(17)25(29)32)14-27-19-6-1-2-7-21(19)33-18-10-12-26-13-11-18/h1-7,18,20,26-27H,8-15H2,(H,28,30,31). The van der Waals surface area contributed by atoms with Crippen LogP contribution >= 0.6 is 0 Å². The highest BCUT2D eigenvalue weighted by molar-refractivity contribution is 6.06. The predicted molar refractivity (Wildman–Crippen MR) is 123 cm³/mol. The average molecular weight is 449 g/mol. The third kappa shape index (κ3) is 4.43. The lowest BCUT2D eigenvalue weighted by Gasteiger charge is -2.29. The van der Waals surface area contributed by atoms with Crippen molar-refractivity contribution in [1.82, 2.24) is 15.5 Å². The van der Waals surface area contributed by atoms with Crippen molar-refractivity contribution in [2.45, 2.75) is 50.9 Å². The number of carbonyl (C=O) groups is 3. The molecule has 172 valence electrons. The van der Waals surface area contributed by atoms with Gasteiger partial charge in [0, 0.05) is 25.1 Å². The lowest BCUT2D eigenvalue weighted by Crippen LogP contribution is -2.52. The van der Waals surface area contributed by atoms with Crippen molar-refractivity contribution in [3.63, 3.8) is 0 Å². The van der Waals surface area contributed by atoms with E-state index in [-0.39, 0.29) is 24.3 Å². The summed E-state index contributed by atoms with van der Waals surface area (Å²) in [5, 5.41) is 9.14. The number of nitrogens with zero attached hydrogens (tertiary/aromatic N) is 1. The van der Waals surface area contributed by atoms with Gasteiger partial charge in [-0.05, 0) is 55.6 Å². The smallest absolute Gasteiger partial charge is 0.255 e. The molecule has 3 aliphatic rings. The van der Waals surface area contributed by atoms with Gasteiger partial charge in [0.05, 0.1) is 5.69 Å². The highest BCUT2D eigenvalue weighted by Gasteiger charge is 2.39. The first kappa shape index (κ1) is 21.5. The van der Waals surface area contributed by atoms with Gasteiger partial charge in [-0.25, -0.2) is 0 Å². The summed E-state index contributed by atoms with van der Waals surface area (Å²) >= 11 is 0. The van der Waals surface area contributed by atoms with Crippen LogP contribution in [0.2, 0.25) is 0 Å². The Morgan fingerprint density at radius 3 is 2.64 bits per heavy atom. The molecule has 2 aromatic carbocycles. The van der Waals surface area contributed by atoms with E-state index >= 15 is 0 Å². The number of ether oxygens (including phenoxy) is 1. The van der Waals surface area contributed by atoms with E-state index in [2.05, 4.69) is 16.0 Å². The lowest BCUT2D eigenvalue weighted by atomic mass is 10.0. The first-order valence-electron chi connectivity index (χ1n) is 11.6. The topological polar surface area (TPSA) is 99.8 Å². The Labute approximate surface area is 192 Å². The van der Waals surface area contributed by atoms with Crippen molar-refractivity contribution in [1.29, 1.82) is 0 Å². The van der Waals surface area contributed by atoms with Gasteiger partial charge in [-0.15, -0.1) is 0 Å². The normalized spacial score (nSPS) is 21.0. The molecule has 0 aromatic heterocycles. The quantitative estimate of drug-likeness (QED) is 0.586. The zero-order valence-electron chi connectivity index (χ0n) is 18.4. The van der Waals surface area contributed by atoms with Crippen LogP contribution in [-0.4, -0.2) is 47.9 Å². The molecule has 2 aromatic rings. The van der Waals surface area contributed by atoms with Gasteiger partial charge < -0.3 is 20.3 Å². The maximum atomic E-state index is 13.3. The number of benzene rings is 2. The molecule has 8 heteroatoms. The van der Waals surface area contributed by atoms with Gasteiger partial charge in [0.15, 0.2) is 0 Å². The fourth-order valence-corrected chi connectivity index (χ4v) is 4.84. The maximum absolute atomic E-state index is 13.3. The van der Waals surface area contributed by atoms with Crippen LogP contribution in [0, 0.1) is 0 Å². The number of amides is 3. The van der Waals surface area contributed by atoms with Gasteiger partial charge in [0.1, 0.15) is 17.9 Å². The molecule has 1 atom stereocenters. The Balaban J connectivity index is 1.31. The SMILES string of the molecule is O=C1CCC(N2Cc3cccc(CNc4ccccc4OC4CCNCC4)c3C2=O)C(=O)N1. The number of carbonyl (C=O) groups excluding carboxylic acids is 3. The fraction of sp³-hybridized carbons (Fsp3) is 0.400. The number of fused-ring (bicyclic) bond motifs is 1. The summed E-state index contributed by atoms with van der Waals surface area (Å²) in [7, 11) is 0. The molecule has 5 rings (SSSR count). The van der Waals surface area contributed by atoms with Crippen LogP contribution in [0.15, 0.2) is 42.5 Å². The van der Waals surface area contributed by atoms with E-state index in [1.54, 1.807) is 4.90 Å². The van der Waals surface area contributed by atoms with Crippen LogP contribution < -0.4 is 20.7 Å². The zero-order chi connectivity index (χ0) is 22.8. The summed E-state index contributed by atoms with van der Waals surface area (Å²) < 4.78 is 6.26. The molecule has 0 radical (unpaired) electrons. The summed E-state index contributed by atoms with van der Waals surface area (Å²) in [5.41, 5.74) is 3.32. The van der Waals surface area contributed by atoms with Crippen molar-refractivity contribution in [2.75, 3.05) is 18.4 Å². The molecular formula is C25H28N4O4. The van der Waals surface area contributed by atoms with Crippen molar-refractivity contribution in [2.24, 2.45) is 0 Å². The minimum atomic E-state index is -0.609. The third-order valence-electron chi connectivity index (χ3n) is 6.57. The molecular weight excluding hydrogens is 420 g/mol. The molecule has 3 heterocycles. The highest BCUT2D eigenvalue weighted by Crippen LogP contribution is 2.32. The Kier molecular flexibility index (Phi) is 6.00. The van der Waals surface area contributed by atoms with E-state index in [0.717, 1.165) is 48.5 Å². The van der Waals surface area contributed by atoms with Crippen LogP contribution in [0.5, 0.6) is 5.75 Å². The Morgan fingerprint density at radius 1 is 1.00 bits per heavy atom. The van der Waals surface area contributed by atoms with Gasteiger partial charge in [0.25, 0.3) is 5.91 Å². The van der Waals surface area contributed by atoms with E-state index in [0.29, 0.717) is 25.1 Å². The van der Waals surface area contributed by atoms with Crippen LogP contribution in [0.25, 0.3) is 0 Å². The number of para-hydroxylation sites is 2. The van der Waals surface area contributed by atoms with Crippen LogP contribution in [0.4, 0.5) is 5.69 Å². The van der Waals surface area contributed by atoms with E-state index < -0.39 is 11.9 Å². The molecule has 3 aliphatic heterocycles. The number of imide groups is 1. The van der Waals surface area contributed by atoms with E-state index in [1.165, 1.54) is 0 Å². The lowest BCUT2D eigenvalue weighted by molar-refractivity contribution is -0.136. The van der Waals surface area contributed by atoms with Gasteiger partial charge >= 0.3 is 0 Å². The van der Waals surface area contributed by atoms with Crippen molar-refractivity contribution < 1.29 is 19.1 Å². The van der Waals surface area contributed by atoms with Gasteiger partial charge in [-0.3, -0.25) is 19.7 Å². The zero-order valence-corrected chi connectivity index (χ0v) is 18.4. The minimum absolute atomic E-state index is 0.156. The molecule has 1 unspecified atom stereocenters. The molecule has 0 saturated carbocycles. The summed E-state index contributed by atoms with van der Waals surface area (Å²) in [4.78, 5) is 38.7. The molecule has 0 spiro atoms. The maximum Gasteiger partial charge on any atom is 0.255 e. The molecule has 33 heavy (non-hydrogen) atoms. The van der Waals surface area contributed by atoms with Crippen LogP contribution in [0.3, 0.4) is 0 Å². The van der Waals surface area contributed by atoms with Crippen molar-refractivity contribution >= 4 is 23.4 Å². The largest absolute Gasteiger partial charge is 0.488 e. The Morgan fingerprint density at radius 2 is 1.82 bits per heavy atom. The van der Waals surface area contributed by atoms with E-state index in [4.69, 9.17) is 4.74 Å². The second-order valence-electron chi connectivity index (χ2n) is 8.77. The summed E-state index contributed by atoms with van der Waals surface area (Å²) in [6.07, 6.45) is 2.76. The molecule has 8 nitrogen and oxygen atoms in total. The second kappa shape index (κ2) is 9.23. The van der Waals surface area contributed by atoms with Gasteiger partial charge in [0.2, 0.25) is 11.8 Å². The number of nitrogens with one attached hydrogen (secondary N) is 3. The second-order valence-corrected chi connectivity index (χ2v) is 8.77. The highest BCUT2D eigenvalue weighted by atomic mass is 16.5. The first-order chi connectivity index (χ1) is 16.1. The number of anilines is 1. The predicted octanol–water partition coefficient (Wildman–Crippen LogP) is 2.19. The van der Waals surface area contributed by atoms with Gasteiger partial charge in [-0.2, -0.15) is 0 Å². The number of hydrogen-bond donors (Lipinski definition) is 3. The number of piperidine rings is 2. The third-order valence-corrected chi connectivity index (χ3v) is 6.57. The Bertz CT molecular complexity index is 1080. The minimum Gasteiger partial charge on any atom is -0.488 e. The van der Waals surface area contributed by atoms with Crippen molar-refractivity contribution in [3.05, 3.63) is 59.2 Å². The van der Waals surface area contributed by atoms with Crippen molar-refractivity contribution in [3.8, 4) is 5.75 Å². The molecule has 2 saturated heterocycles.